The number of furan rings is 1. The first-order valence-electron chi connectivity index (χ1n) is 8.87. The summed E-state index contributed by atoms with van der Waals surface area (Å²) in [4.78, 5) is 0. The number of quaternary nitrogens is 1. The zero-order valence-corrected chi connectivity index (χ0v) is 14.7. The molecule has 0 unspecified atom stereocenters. The van der Waals surface area contributed by atoms with E-state index in [9.17, 15) is 0 Å². The lowest BCUT2D eigenvalue weighted by atomic mass is 9.94. The molecule has 0 saturated heterocycles. The Bertz CT molecular complexity index is 720. The van der Waals surface area contributed by atoms with Crippen molar-refractivity contribution >= 4 is 0 Å². The average Bonchev–Trinajstić information content (AvgIpc) is 3.20. The maximum absolute atomic E-state index is 5.68. The molecule has 0 aliphatic heterocycles. The van der Waals surface area contributed by atoms with Crippen molar-refractivity contribution in [1.82, 2.24) is 0 Å². The van der Waals surface area contributed by atoms with Gasteiger partial charge in [-0.15, -0.1) is 0 Å². The van der Waals surface area contributed by atoms with Crippen LogP contribution in [0.2, 0.25) is 0 Å². The Kier molecular flexibility index (Phi) is 6.29. The van der Waals surface area contributed by atoms with Gasteiger partial charge in [-0.25, -0.2) is 0 Å². The van der Waals surface area contributed by atoms with Crippen LogP contribution in [0.15, 0.2) is 77.4 Å². The van der Waals surface area contributed by atoms with Crippen molar-refractivity contribution in [2.24, 2.45) is 0 Å². The van der Waals surface area contributed by atoms with Crippen molar-refractivity contribution in [1.29, 1.82) is 0 Å². The summed E-state index contributed by atoms with van der Waals surface area (Å²) < 4.78 is 10.9. The topological polar surface area (TPSA) is 39.0 Å². The highest BCUT2D eigenvalue weighted by atomic mass is 16.5. The highest BCUT2D eigenvalue weighted by Gasteiger charge is 2.16. The highest BCUT2D eigenvalue weighted by Crippen LogP contribution is 2.24. The van der Waals surface area contributed by atoms with E-state index in [0.717, 1.165) is 37.4 Å². The molecule has 25 heavy (non-hydrogen) atoms. The van der Waals surface area contributed by atoms with Gasteiger partial charge < -0.3 is 14.5 Å². The first kappa shape index (κ1) is 17.3. The summed E-state index contributed by atoms with van der Waals surface area (Å²) in [6.07, 6.45) is 3.89. The average molecular weight is 336 g/mol. The minimum absolute atomic E-state index is 0.421. The minimum Gasteiger partial charge on any atom is -0.497 e. The summed E-state index contributed by atoms with van der Waals surface area (Å²) in [5, 5.41) is 2.36. The fraction of sp³-hybridized carbons (Fsp3) is 0.273. The van der Waals surface area contributed by atoms with Crippen molar-refractivity contribution in [3.63, 3.8) is 0 Å². The number of ether oxygens (including phenoxy) is 1. The van der Waals surface area contributed by atoms with E-state index in [1.807, 2.05) is 18.2 Å². The summed E-state index contributed by atoms with van der Waals surface area (Å²) >= 11 is 0. The Hall–Kier alpha value is -2.52. The predicted octanol–water partition coefficient (Wildman–Crippen LogP) is 3.77. The molecular weight excluding hydrogens is 310 g/mol. The summed E-state index contributed by atoms with van der Waals surface area (Å²) in [7, 11) is 1.70. The molecule has 1 aromatic heterocycles. The molecule has 0 bridgehead atoms. The third-order valence-corrected chi connectivity index (χ3v) is 4.53. The second kappa shape index (κ2) is 9.09. The van der Waals surface area contributed by atoms with Gasteiger partial charge in [-0.05, 0) is 48.4 Å². The number of nitrogens with two attached hydrogens (primary N) is 1. The number of hydrogen-bond donors (Lipinski definition) is 1. The van der Waals surface area contributed by atoms with Crippen LogP contribution >= 0.6 is 0 Å². The summed E-state index contributed by atoms with van der Waals surface area (Å²) in [6, 6.07) is 23.0. The van der Waals surface area contributed by atoms with E-state index in [0.29, 0.717) is 5.92 Å². The van der Waals surface area contributed by atoms with Gasteiger partial charge in [-0.3, -0.25) is 0 Å². The Labute approximate surface area is 149 Å². The van der Waals surface area contributed by atoms with Crippen LogP contribution in [-0.4, -0.2) is 13.7 Å². The summed E-state index contributed by atoms with van der Waals surface area (Å²) in [6.45, 7) is 2.06. The molecule has 0 aliphatic rings. The van der Waals surface area contributed by atoms with Crippen LogP contribution in [0.25, 0.3) is 0 Å². The predicted molar refractivity (Wildman–Crippen MR) is 99.7 cm³/mol. The molecular formula is C22H26NO2+. The van der Waals surface area contributed by atoms with Crippen LogP contribution in [0.3, 0.4) is 0 Å². The summed E-state index contributed by atoms with van der Waals surface area (Å²) in [5.41, 5.74) is 2.68. The Morgan fingerprint density at radius 2 is 1.72 bits per heavy atom. The van der Waals surface area contributed by atoms with Crippen LogP contribution < -0.4 is 10.1 Å². The van der Waals surface area contributed by atoms with E-state index in [1.165, 1.54) is 11.1 Å². The normalized spacial score (nSPS) is 12.0. The minimum atomic E-state index is 0.421. The number of benzene rings is 2. The smallest absolute Gasteiger partial charge is 0.118 e. The molecule has 3 heteroatoms. The van der Waals surface area contributed by atoms with Crippen molar-refractivity contribution in [3.8, 4) is 5.75 Å². The van der Waals surface area contributed by atoms with Gasteiger partial charge in [0.25, 0.3) is 0 Å². The van der Waals surface area contributed by atoms with Gasteiger partial charge in [0.15, 0.2) is 0 Å². The molecule has 1 atom stereocenters. The molecule has 2 N–H and O–H groups in total. The second-order valence-electron chi connectivity index (χ2n) is 6.32. The molecule has 2 aromatic carbocycles. The maximum Gasteiger partial charge on any atom is 0.118 e. The molecule has 3 rings (SSSR count). The molecule has 0 spiro atoms. The summed E-state index contributed by atoms with van der Waals surface area (Å²) in [5.74, 6) is 2.41. The van der Waals surface area contributed by atoms with Crippen LogP contribution in [0.5, 0.6) is 5.75 Å². The first-order valence-corrected chi connectivity index (χ1v) is 8.87. The molecule has 0 fully saturated rings. The Morgan fingerprint density at radius 3 is 2.40 bits per heavy atom. The molecule has 0 aliphatic carbocycles. The van der Waals surface area contributed by atoms with Gasteiger partial charge in [-0.1, -0.05) is 30.3 Å². The fourth-order valence-corrected chi connectivity index (χ4v) is 3.12. The Balaban J connectivity index is 1.52. The zero-order valence-electron chi connectivity index (χ0n) is 14.7. The molecule has 1 heterocycles. The van der Waals surface area contributed by atoms with Gasteiger partial charge in [0, 0.05) is 17.9 Å². The largest absolute Gasteiger partial charge is 0.497 e. The van der Waals surface area contributed by atoms with Gasteiger partial charge >= 0.3 is 0 Å². The van der Waals surface area contributed by atoms with E-state index in [2.05, 4.69) is 53.8 Å². The molecule has 3 aromatic rings. The number of hydrogen-bond acceptors (Lipinski definition) is 2. The quantitative estimate of drug-likeness (QED) is 0.604. The fourth-order valence-electron chi connectivity index (χ4n) is 3.12. The van der Waals surface area contributed by atoms with E-state index in [-0.39, 0.29) is 0 Å². The SMILES string of the molecule is COc1ccc(C[NH2+]CC[C@@H](Cc2ccccc2)c2ccco2)cc1. The number of methoxy groups -OCH3 is 1. The molecule has 3 nitrogen and oxygen atoms in total. The third-order valence-electron chi connectivity index (χ3n) is 4.53. The second-order valence-corrected chi connectivity index (χ2v) is 6.32. The van der Waals surface area contributed by atoms with Crippen molar-refractivity contribution in [2.45, 2.75) is 25.3 Å². The van der Waals surface area contributed by atoms with Crippen LogP contribution in [0.4, 0.5) is 0 Å². The van der Waals surface area contributed by atoms with Crippen LogP contribution in [0.1, 0.15) is 29.2 Å². The van der Waals surface area contributed by atoms with E-state index in [4.69, 9.17) is 9.15 Å². The third kappa shape index (κ3) is 5.23. The van der Waals surface area contributed by atoms with Gasteiger partial charge in [0.1, 0.15) is 18.1 Å². The number of rotatable bonds is 9. The molecule has 130 valence electrons. The van der Waals surface area contributed by atoms with Gasteiger partial charge in [0.2, 0.25) is 0 Å². The monoisotopic (exact) mass is 336 g/mol. The van der Waals surface area contributed by atoms with Gasteiger partial charge in [0.05, 0.1) is 19.9 Å². The molecule has 0 radical (unpaired) electrons. The van der Waals surface area contributed by atoms with Crippen LogP contribution in [0, 0.1) is 0 Å². The highest BCUT2D eigenvalue weighted by molar-refractivity contribution is 5.26. The Morgan fingerprint density at radius 1 is 0.920 bits per heavy atom. The molecule has 0 saturated carbocycles. The van der Waals surface area contributed by atoms with Gasteiger partial charge in [-0.2, -0.15) is 0 Å². The lowest BCUT2D eigenvalue weighted by molar-refractivity contribution is -0.671. The lowest BCUT2D eigenvalue weighted by Gasteiger charge is -2.14. The lowest BCUT2D eigenvalue weighted by Crippen LogP contribution is -2.82. The van der Waals surface area contributed by atoms with Crippen LogP contribution in [-0.2, 0) is 13.0 Å². The standard InChI is InChI=1S/C22H25NO2/c1-24-21-11-9-19(10-12-21)17-23-14-13-20(22-8-5-15-25-22)16-18-6-3-2-4-7-18/h2-12,15,20,23H,13-14,16-17H2,1H3/p+1/t20-/m0/s1. The molecule has 0 amide bonds. The van der Waals surface area contributed by atoms with E-state index >= 15 is 0 Å². The van der Waals surface area contributed by atoms with E-state index in [1.54, 1.807) is 13.4 Å². The zero-order chi connectivity index (χ0) is 17.3. The van der Waals surface area contributed by atoms with Crippen molar-refractivity contribution in [2.75, 3.05) is 13.7 Å². The van der Waals surface area contributed by atoms with E-state index < -0.39 is 0 Å². The van der Waals surface area contributed by atoms with Crippen molar-refractivity contribution in [3.05, 3.63) is 89.9 Å². The first-order chi connectivity index (χ1) is 12.3. The maximum atomic E-state index is 5.68. The van der Waals surface area contributed by atoms with Crippen molar-refractivity contribution < 1.29 is 14.5 Å².